The minimum Gasteiger partial charge on any atom is -0.598 e. The first-order valence-corrected chi connectivity index (χ1v) is 9.70. The zero-order valence-electron chi connectivity index (χ0n) is 13.0. The summed E-state index contributed by atoms with van der Waals surface area (Å²) in [6, 6.07) is 6.68. The van der Waals surface area contributed by atoms with Crippen LogP contribution in [0.4, 0.5) is 0 Å². The van der Waals surface area contributed by atoms with E-state index in [9.17, 15) is 4.55 Å². The van der Waals surface area contributed by atoms with E-state index in [0.717, 1.165) is 11.0 Å². The molecule has 21 heavy (non-hydrogen) atoms. The quantitative estimate of drug-likeness (QED) is 0.805. The smallest absolute Gasteiger partial charge is 0.136 e. The molecule has 4 heteroatoms. The summed E-state index contributed by atoms with van der Waals surface area (Å²) in [6.45, 7) is 6.89. The molecule has 1 aromatic carbocycles. The first-order chi connectivity index (χ1) is 9.82. The molecule has 2 nitrogen and oxygen atoms in total. The highest BCUT2D eigenvalue weighted by Gasteiger charge is 2.50. The average Bonchev–Trinajstić information content (AvgIpc) is 2.68. The predicted octanol–water partition coefficient (Wildman–Crippen LogP) is 4.31. The highest BCUT2D eigenvalue weighted by atomic mass is 79.9. The maximum atomic E-state index is 12.3. The fraction of sp³-hybridized carbons (Fsp3) is 0.647. The van der Waals surface area contributed by atoms with Gasteiger partial charge < -0.3 is 4.55 Å². The molecule has 3 rings (SSSR count). The first kappa shape index (κ1) is 15.9. The van der Waals surface area contributed by atoms with Gasteiger partial charge in [-0.05, 0) is 68.7 Å². The second-order valence-corrected chi connectivity index (χ2v) is 10.5. The third-order valence-electron chi connectivity index (χ3n) is 5.09. The Labute approximate surface area is 139 Å². The summed E-state index contributed by atoms with van der Waals surface area (Å²) in [5, 5.41) is 0. The molecular formula is C17H24BrNOS. The average molecular weight is 370 g/mol. The van der Waals surface area contributed by atoms with Gasteiger partial charge in [-0.1, -0.05) is 28.4 Å². The molecule has 1 saturated carbocycles. The predicted molar refractivity (Wildman–Crippen MR) is 92.8 cm³/mol. The maximum Gasteiger partial charge on any atom is 0.136 e. The van der Waals surface area contributed by atoms with Crippen LogP contribution in [0.5, 0.6) is 0 Å². The minimum atomic E-state index is -0.988. The Hall–Kier alpha value is -0.0300. The maximum absolute atomic E-state index is 12.3. The third-order valence-corrected chi connectivity index (χ3v) is 7.12. The molecule has 2 aliphatic carbocycles. The lowest BCUT2D eigenvalue weighted by Crippen LogP contribution is -2.44. The van der Waals surface area contributed by atoms with Crippen LogP contribution in [-0.4, -0.2) is 15.8 Å². The Balaban J connectivity index is 1.80. The lowest BCUT2D eigenvalue weighted by Gasteiger charge is -2.44. The Morgan fingerprint density at radius 1 is 1.38 bits per heavy atom. The first-order valence-electron chi connectivity index (χ1n) is 7.76. The minimum absolute atomic E-state index is 0.203. The number of hydrogen-bond acceptors (Lipinski definition) is 2. The zero-order valence-corrected chi connectivity index (χ0v) is 15.4. The van der Waals surface area contributed by atoms with Crippen LogP contribution in [0, 0.1) is 5.41 Å². The van der Waals surface area contributed by atoms with E-state index in [0.29, 0.717) is 11.3 Å². The normalized spacial score (nSPS) is 24.7. The van der Waals surface area contributed by atoms with Gasteiger partial charge in [0.1, 0.15) is 4.75 Å². The number of hydrogen-bond donors (Lipinski definition) is 1. The number of rotatable bonds is 3. The molecule has 0 radical (unpaired) electrons. The van der Waals surface area contributed by atoms with Gasteiger partial charge in [0.15, 0.2) is 0 Å². The topological polar surface area (TPSA) is 35.1 Å². The summed E-state index contributed by atoms with van der Waals surface area (Å²) in [4.78, 5) is 0. The summed E-state index contributed by atoms with van der Waals surface area (Å²) in [6.07, 6.45) is 5.17. The van der Waals surface area contributed by atoms with Crippen molar-refractivity contribution in [3.63, 3.8) is 0 Å². The Morgan fingerprint density at radius 3 is 2.67 bits per heavy atom. The van der Waals surface area contributed by atoms with Gasteiger partial charge in [-0.3, -0.25) is 0 Å². The number of benzene rings is 1. The SMILES string of the molecule is CC(C)(C)[S+]([O-])NCC1c2cc(Br)ccc2CC12CCC2. The van der Waals surface area contributed by atoms with Crippen molar-refractivity contribution in [2.24, 2.45) is 5.41 Å². The van der Waals surface area contributed by atoms with Crippen molar-refractivity contribution in [1.29, 1.82) is 0 Å². The van der Waals surface area contributed by atoms with Gasteiger partial charge in [-0.2, -0.15) is 0 Å². The number of fused-ring (bicyclic) bond motifs is 1. The Kier molecular flexibility index (Phi) is 4.19. The van der Waals surface area contributed by atoms with Gasteiger partial charge in [-0.15, -0.1) is 4.72 Å². The molecule has 116 valence electrons. The molecule has 0 aromatic heterocycles. The van der Waals surface area contributed by atoms with Crippen molar-refractivity contribution in [3.8, 4) is 0 Å². The van der Waals surface area contributed by atoms with Gasteiger partial charge in [0.2, 0.25) is 0 Å². The lowest BCUT2D eigenvalue weighted by atomic mass is 9.61. The van der Waals surface area contributed by atoms with Crippen LogP contribution in [0.2, 0.25) is 0 Å². The molecule has 0 bridgehead atoms. The van der Waals surface area contributed by atoms with E-state index in [1.165, 1.54) is 36.8 Å². The number of halogens is 1. The Bertz CT molecular complexity index is 536. The monoisotopic (exact) mass is 369 g/mol. The molecule has 1 N–H and O–H groups in total. The molecule has 1 fully saturated rings. The van der Waals surface area contributed by atoms with Crippen LogP contribution in [0.3, 0.4) is 0 Å². The highest BCUT2D eigenvalue weighted by Crippen LogP contribution is 2.58. The van der Waals surface area contributed by atoms with E-state index >= 15 is 0 Å². The zero-order chi connectivity index (χ0) is 15.3. The van der Waals surface area contributed by atoms with Crippen LogP contribution in [-0.2, 0) is 17.8 Å². The highest BCUT2D eigenvalue weighted by molar-refractivity contribution is 9.10. The standard InChI is InChI=1S/C17H24BrNOS/c1-16(2,3)21(20)19-11-15-14-9-13(18)6-5-12(14)10-17(15)7-4-8-17/h5-6,9,15,19H,4,7-8,10-11H2,1-3H3. The van der Waals surface area contributed by atoms with E-state index in [2.05, 4.69) is 38.9 Å². The van der Waals surface area contributed by atoms with Crippen molar-refractivity contribution in [3.05, 3.63) is 33.8 Å². The summed E-state index contributed by atoms with van der Waals surface area (Å²) >= 11 is 2.61. The molecule has 1 spiro atoms. The molecule has 2 atom stereocenters. The largest absolute Gasteiger partial charge is 0.598 e. The van der Waals surface area contributed by atoms with E-state index in [4.69, 9.17) is 0 Å². The summed E-state index contributed by atoms with van der Waals surface area (Å²) in [7, 11) is 0. The van der Waals surface area contributed by atoms with Crippen molar-refractivity contribution >= 4 is 27.3 Å². The van der Waals surface area contributed by atoms with E-state index in [1.54, 1.807) is 0 Å². The van der Waals surface area contributed by atoms with Crippen LogP contribution in [0.1, 0.15) is 57.1 Å². The van der Waals surface area contributed by atoms with Crippen LogP contribution in [0.15, 0.2) is 22.7 Å². The summed E-state index contributed by atoms with van der Waals surface area (Å²) < 4.78 is 16.6. The van der Waals surface area contributed by atoms with E-state index < -0.39 is 11.4 Å². The molecule has 0 saturated heterocycles. The van der Waals surface area contributed by atoms with Gasteiger partial charge in [0, 0.05) is 28.3 Å². The van der Waals surface area contributed by atoms with E-state index in [1.807, 2.05) is 20.8 Å². The molecule has 0 amide bonds. The molecule has 0 aliphatic heterocycles. The molecule has 1 aromatic rings. The second-order valence-electron chi connectivity index (χ2n) is 7.52. The lowest BCUT2D eigenvalue weighted by molar-refractivity contribution is 0.110. The fourth-order valence-electron chi connectivity index (χ4n) is 3.74. The Morgan fingerprint density at radius 2 is 2.10 bits per heavy atom. The van der Waals surface area contributed by atoms with E-state index in [-0.39, 0.29) is 4.75 Å². The van der Waals surface area contributed by atoms with Crippen molar-refractivity contribution in [2.45, 2.75) is 57.1 Å². The summed E-state index contributed by atoms with van der Waals surface area (Å²) in [5.41, 5.74) is 3.38. The van der Waals surface area contributed by atoms with Crippen LogP contribution >= 0.6 is 15.9 Å². The molecular weight excluding hydrogens is 346 g/mol. The van der Waals surface area contributed by atoms with Crippen LogP contribution in [0.25, 0.3) is 0 Å². The van der Waals surface area contributed by atoms with Gasteiger partial charge in [0.05, 0.1) is 0 Å². The van der Waals surface area contributed by atoms with Crippen molar-refractivity contribution < 1.29 is 4.55 Å². The van der Waals surface area contributed by atoms with Gasteiger partial charge in [-0.25, -0.2) is 0 Å². The fourth-order valence-corrected chi connectivity index (χ4v) is 4.87. The molecule has 2 aliphatic rings. The van der Waals surface area contributed by atoms with Crippen molar-refractivity contribution in [1.82, 2.24) is 4.72 Å². The third kappa shape index (κ3) is 2.92. The molecule has 0 heterocycles. The number of nitrogens with one attached hydrogen (secondary N) is 1. The van der Waals surface area contributed by atoms with Gasteiger partial charge in [0.25, 0.3) is 0 Å². The van der Waals surface area contributed by atoms with Crippen molar-refractivity contribution in [2.75, 3.05) is 6.54 Å². The van der Waals surface area contributed by atoms with Gasteiger partial charge >= 0.3 is 0 Å². The second kappa shape index (κ2) is 5.55. The van der Waals surface area contributed by atoms with Crippen LogP contribution < -0.4 is 4.72 Å². The summed E-state index contributed by atoms with van der Waals surface area (Å²) in [5.74, 6) is 0.505. The molecule has 2 unspecified atom stereocenters.